The lowest BCUT2D eigenvalue weighted by Gasteiger charge is -2.08. The molecule has 1 rings (SSSR count). The average molecular weight is 275 g/mol. The van der Waals surface area contributed by atoms with E-state index in [1.54, 1.807) is 19.1 Å². The number of amides is 1. The van der Waals surface area contributed by atoms with Crippen LogP contribution in [0.25, 0.3) is 0 Å². The molecule has 15 heavy (non-hydrogen) atoms. The van der Waals surface area contributed by atoms with Crippen LogP contribution in [0.4, 0.5) is 4.39 Å². The molecule has 0 saturated carbocycles. The van der Waals surface area contributed by atoms with Crippen LogP contribution in [0.15, 0.2) is 22.7 Å². The fourth-order valence-corrected chi connectivity index (χ4v) is 1.43. The number of nitrogens with two attached hydrogens (primary N) is 1. The summed E-state index contributed by atoms with van der Waals surface area (Å²) in [6.07, 6.45) is 0. The quantitative estimate of drug-likeness (QED) is 0.879. The summed E-state index contributed by atoms with van der Waals surface area (Å²) in [5.74, 6) is -0.641. The van der Waals surface area contributed by atoms with Crippen molar-refractivity contribution in [1.82, 2.24) is 5.32 Å². The van der Waals surface area contributed by atoms with Crippen molar-refractivity contribution >= 4 is 21.8 Å². The van der Waals surface area contributed by atoms with E-state index in [1.165, 1.54) is 6.07 Å². The molecule has 0 saturated heterocycles. The molecule has 5 heteroatoms. The van der Waals surface area contributed by atoms with Gasteiger partial charge >= 0.3 is 0 Å². The first kappa shape index (κ1) is 12.1. The lowest BCUT2D eigenvalue weighted by molar-refractivity contribution is -0.122. The molecular weight excluding hydrogens is 263 g/mol. The Bertz CT molecular complexity index is 368. The van der Waals surface area contributed by atoms with E-state index in [0.717, 1.165) is 4.47 Å². The summed E-state index contributed by atoms with van der Waals surface area (Å²) >= 11 is 3.23. The third kappa shape index (κ3) is 3.60. The molecule has 1 aromatic carbocycles. The van der Waals surface area contributed by atoms with Gasteiger partial charge in [0.1, 0.15) is 5.82 Å². The van der Waals surface area contributed by atoms with E-state index >= 15 is 0 Å². The number of halogens is 2. The van der Waals surface area contributed by atoms with Crippen LogP contribution in [0, 0.1) is 5.82 Å². The van der Waals surface area contributed by atoms with Gasteiger partial charge in [0.15, 0.2) is 0 Å². The van der Waals surface area contributed by atoms with Crippen molar-refractivity contribution in [2.75, 3.05) is 0 Å². The Morgan fingerprint density at radius 3 is 2.93 bits per heavy atom. The van der Waals surface area contributed by atoms with Crippen molar-refractivity contribution in [2.45, 2.75) is 19.5 Å². The van der Waals surface area contributed by atoms with Crippen LogP contribution in [-0.4, -0.2) is 11.9 Å². The van der Waals surface area contributed by atoms with Gasteiger partial charge in [-0.2, -0.15) is 0 Å². The molecule has 0 radical (unpaired) electrons. The first-order valence-corrected chi connectivity index (χ1v) is 5.27. The highest BCUT2D eigenvalue weighted by Gasteiger charge is 2.08. The summed E-state index contributed by atoms with van der Waals surface area (Å²) < 4.78 is 14.0. The molecule has 0 spiro atoms. The van der Waals surface area contributed by atoms with E-state index in [-0.39, 0.29) is 18.3 Å². The summed E-state index contributed by atoms with van der Waals surface area (Å²) in [5.41, 5.74) is 5.78. The molecule has 1 aromatic rings. The summed E-state index contributed by atoms with van der Waals surface area (Å²) in [7, 11) is 0. The Balaban J connectivity index is 2.65. The molecule has 0 heterocycles. The fraction of sp³-hybridized carbons (Fsp3) is 0.300. The predicted molar refractivity (Wildman–Crippen MR) is 59.6 cm³/mol. The van der Waals surface area contributed by atoms with Crippen LogP contribution in [0.3, 0.4) is 0 Å². The van der Waals surface area contributed by atoms with Gasteiger partial charge in [0.05, 0.1) is 6.04 Å². The number of carbonyl (C=O) groups excluding carboxylic acids is 1. The normalized spacial score (nSPS) is 12.3. The Labute approximate surface area is 96.0 Å². The van der Waals surface area contributed by atoms with E-state index in [4.69, 9.17) is 5.73 Å². The van der Waals surface area contributed by atoms with E-state index in [9.17, 15) is 9.18 Å². The molecule has 0 aliphatic carbocycles. The van der Waals surface area contributed by atoms with Crippen LogP contribution in [-0.2, 0) is 11.3 Å². The Kier molecular flexibility index (Phi) is 4.23. The minimum absolute atomic E-state index is 0.144. The Morgan fingerprint density at radius 2 is 2.33 bits per heavy atom. The highest BCUT2D eigenvalue weighted by molar-refractivity contribution is 9.10. The van der Waals surface area contributed by atoms with Gasteiger partial charge in [-0.1, -0.05) is 15.9 Å². The lowest BCUT2D eigenvalue weighted by atomic mass is 10.2. The molecular formula is C10H12BrFN2O. The highest BCUT2D eigenvalue weighted by atomic mass is 79.9. The highest BCUT2D eigenvalue weighted by Crippen LogP contribution is 2.15. The molecule has 0 aliphatic rings. The number of benzene rings is 1. The van der Waals surface area contributed by atoms with Crippen LogP contribution in [0.2, 0.25) is 0 Å². The van der Waals surface area contributed by atoms with Crippen molar-refractivity contribution in [3.63, 3.8) is 0 Å². The number of nitrogens with one attached hydrogen (secondary N) is 1. The Hall–Kier alpha value is -0.940. The smallest absolute Gasteiger partial charge is 0.236 e. The van der Waals surface area contributed by atoms with Gasteiger partial charge < -0.3 is 11.1 Å². The van der Waals surface area contributed by atoms with Gasteiger partial charge in [-0.3, -0.25) is 4.79 Å². The second-order valence-corrected chi connectivity index (χ2v) is 4.16. The molecule has 0 fully saturated rings. The molecule has 3 nitrogen and oxygen atoms in total. The molecule has 1 atom stereocenters. The predicted octanol–water partition coefficient (Wildman–Crippen LogP) is 1.55. The van der Waals surface area contributed by atoms with Gasteiger partial charge in [0.25, 0.3) is 0 Å². The average Bonchev–Trinajstić information content (AvgIpc) is 2.18. The zero-order valence-corrected chi connectivity index (χ0v) is 9.84. The molecule has 0 aromatic heterocycles. The van der Waals surface area contributed by atoms with Crippen molar-refractivity contribution in [3.8, 4) is 0 Å². The summed E-state index contributed by atoms with van der Waals surface area (Å²) in [5, 5.41) is 2.54. The van der Waals surface area contributed by atoms with Crippen LogP contribution in [0.5, 0.6) is 0 Å². The third-order valence-corrected chi connectivity index (χ3v) is 2.37. The minimum Gasteiger partial charge on any atom is -0.351 e. The summed E-state index contributed by atoms with van der Waals surface area (Å²) in [4.78, 5) is 11.1. The third-order valence-electron chi connectivity index (χ3n) is 1.87. The zero-order valence-electron chi connectivity index (χ0n) is 8.26. The van der Waals surface area contributed by atoms with Crippen molar-refractivity contribution in [2.24, 2.45) is 5.73 Å². The second-order valence-electron chi connectivity index (χ2n) is 3.24. The summed E-state index contributed by atoms with van der Waals surface area (Å²) in [6.45, 7) is 1.72. The largest absolute Gasteiger partial charge is 0.351 e. The van der Waals surface area contributed by atoms with Crippen LogP contribution < -0.4 is 11.1 Å². The van der Waals surface area contributed by atoms with Gasteiger partial charge in [0, 0.05) is 16.6 Å². The van der Waals surface area contributed by atoms with Crippen LogP contribution in [0.1, 0.15) is 12.5 Å². The molecule has 1 amide bonds. The fourth-order valence-electron chi connectivity index (χ4n) is 1.02. The van der Waals surface area contributed by atoms with E-state index < -0.39 is 6.04 Å². The lowest BCUT2D eigenvalue weighted by Crippen LogP contribution is -2.37. The molecule has 0 bridgehead atoms. The van der Waals surface area contributed by atoms with Gasteiger partial charge in [-0.05, 0) is 25.1 Å². The van der Waals surface area contributed by atoms with Gasteiger partial charge in [0.2, 0.25) is 5.91 Å². The standard InChI is InChI=1S/C10H12BrFN2O/c1-6(13)10(15)14-5-7-4-8(11)2-3-9(7)12/h2-4,6H,5,13H2,1H3,(H,14,15). The van der Waals surface area contributed by atoms with Gasteiger partial charge in [-0.25, -0.2) is 4.39 Å². The maximum Gasteiger partial charge on any atom is 0.236 e. The SMILES string of the molecule is CC(N)C(=O)NCc1cc(Br)ccc1F. The van der Waals surface area contributed by atoms with Crippen molar-refractivity contribution in [1.29, 1.82) is 0 Å². The maximum absolute atomic E-state index is 13.2. The van der Waals surface area contributed by atoms with E-state index in [0.29, 0.717) is 5.56 Å². The van der Waals surface area contributed by atoms with E-state index in [2.05, 4.69) is 21.2 Å². The van der Waals surface area contributed by atoms with Crippen LogP contribution >= 0.6 is 15.9 Å². The molecule has 82 valence electrons. The number of carbonyl (C=O) groups is 1. The molecule has 1 unspecified atom stereocenters. The number of rotatable bonds is 3. The Morgan fingerprint density at radius 1 is 1.67 bits per heavy atom. The number of hydrogen-bond acceptors (Lipinski definition) is 2. The summed E-state index contributed by atoms with van der Waals surface area (Å²) in [6, 6.07) is 3.99. The van der Waals surface area contributed by atoms with Crippen molar-refractivity contribution < 1.29 is 9.18 Å². The first-order chi connectivity index (χ1) is 7.00. The molecule has 0 aliphatic heterocycles. The van der Waals surface area contributed by atoms with Gasteiger partial charge in [-0.15, -0.1) is 0 Å². The van der Waals surface area contributed by atoms with E-state index in [1.807, 2.05) is 0 Å². The first-order valence-electron chi connectivity index (χ1n) is 4.48. The monoisotopic (exact) mass is 274 g/mol. The zero-order chi connectivity index (χ0) is 11.4. The minimum atomic E-state index is -0.583. The topological polar surface area (TPSA) is 55.1 Å². The maximum atomic E-state index is 13.2. The second kappa shape index (κ2) is 5.23. The number of hydrogen-bond donors (Lipinski definition) is 2. The molecule has 3 N–H and O–H groups in total. The van der Waals surface area contributed by atoms with Crippen molar-refractivity contribution in [3.05, 3.63) is 34.1 Å².